The van der Waals surface area contributed by atoms with Crippen LogP contribution in [0.1, 0.15) is 39.5 Å². The zero-order chi connectivity index (χ0) is 14.2. The van der Waals surface area contributed by atoms with Crippen LogP contribution < -0.4 is 10.5 Å². The lowest BCUT2D eigenvalue weighted by Crippen LogP contribution is -2.28. The zero-order valence-corrected chi connectivity index (χ0v) is 12.2. The first kappa shape index (κ1) is 13.2. The number of ether oxygens (including phenoxy) is 1. The van der Waals surface area contributed by atoms with Crippen molar-refractivity contribution in [2.75, 3.05) is 5.73 Å². The molecule has 3 rings (SSSR count). The minimum absolute atomic E-state index is 0.315. The Morgan fingerprint density at radius 3 is 2.70 bits per heavy atom. The summed E-state index contributed by atoms with van der Waals surface area (Å²) in [6, 6.07) is 7.82. The second-order valence-corrected chi connectivity index (χ2v) is 6.53. The van der Waals surface area contributed by atoms with Gasteiger partial charge in [0.15, 0.2) is 0 Å². The molecule has 0 radical (unpaired) electrons. The van der Waals surface area contributed by atoms with Crippen LogP contribution in [0.25, 0.3) is 10.9 Å². The summed E-state index contributed by atoms with van der Waals surface area (Å²) in [5.41, 5.74) is 7.98. The van der Waals surface area contributed by atoms with Crippen LogP contribution in [-0.4, -0.2) is 11.1 Å². The monoisotopic (exact) mass is 270 g/mol. The highest BCUT2D eigenvalue weighted by molar-refractivity contribution is 5.93. The molecule has 0 spiro atoms. The standard InChI is InChI=1S/C17H22N2O/c1-17(2)9-7-12(8-10-17)20-15-6-5-14(18)16-13(15)4-3-11-19-16/h3-6,11-12H,7-10,18H2,1-2H3. The molecule has 1 aromatic heterocycles. The minimum Gasteiger partial charge on any atom is -0.490 e. The SMILES string of the molecule is CC1(C)CCC(Oc2ccc(N)c3ncccc23)CC1. The molecule has 0 aliphatic heterocycles. The molecule has 0 bridgehead atoms. The largest absolute Gasteiger partial charge is 0.490 e. The molecule has 2 aromatic rings. The van der Waals surface area contributed by atoms with E-state index in [1.54, 1.807) is 6.20 Å². The molecule has 3 heteroatoms. The van der Waals surface area contributed by atoms with Gasteiger partial charge in [0.25, 0.3) is 0 Å². The van der Waals surface area contributed by atoms with Crippen LogP contribution in [-0.2, 0) is 0 Å². The summed E-state index contributed by atoms with van der Waals surface area (Å²) in [5, 5.41) is 1.01. The van der Waals surface area contributed by atoms with Crippen LogP contribution >= 0.6 is 0 Å². The van der Waals surface area contributed by atoms with Crippen molar-refractivity contribution >= 4 is 16.6 Å². The summed E-state index contributed by atoms with van der Waals surface area (Å²) in [7, 11) is 0. The minimum atomic E-state index is 0.315. The Hall–Kier alpha value is -1.77. The van der Waals surface area contributed by atoms with Gasteiger partial charge in [0, 0.05) is 11.6 Å². The van der Waals surface area contributed by atoms with E-state index in [-0.39, 0.29) is 0 Å². The van der Waals surface area contributed by atoms with Crippen molar-refractivity contribution in [2.45, 2.75) is 45.6 Å². The normalized spacial score (nSPS) is 19.1. The third-order valence-electron chi connectivity index (χ3n) is 4.34. The molecular weight excluding hydrogens is 248 g/mol. The van der Waals surface area contributed by atoms with Crippen molar-refractivity contribution < 1.29 is 4.74 Å². The smallest absolute Gasteiger partial charge is 0.129 e. The first-order valence-corrected chi connectivity index (χ1v) is 7.35. The van der Waals surface area contributed by atoms with E-state index in [0.29, 0.717) is 17.2 Å². The number of rotatable bonds is 2. The Bertz CT molecular complexity index is 611. The van der Waals surface area contributed by atoms with Crippen LogP contribution in [0, 0.1) is 5.41 Å². The predicted octanol–water partition coefficient (Wildman–Crippen LogP) is 4.16. The second-order valence-electron chi connectivity index (χ2n) is 6.53. The number of hydrogen-bond donors (Lipinski definition) is 1. The topological polar surface area (TPSA) is 48.1 Å². The van der Waals surface area contributed by atoms with E-state index in [1.807, 2.05) is 24.3 Å². The van der Waals surface area contributed by atoms with Crippen molar-refractivity contribution in [2.24, 2.45) is 5.41 Å². The Balaban J connectivity index is 1.83. The molecule has 106 valence electrons. The van der Waals surface area contributed by atoms with Gasteiger partial charge in [-0.2, -0.15) is 0 Å². The zero-order valence-electron chi connectivity index (χ0n) is 12.2. The van der Waals surface area contributed by atoms with E-state index < -0.39 is 0 Å². The van der Waals surface area contributed by atoms with Gasteiger partial charge in [-0.25, -0.2) is 0 Å². The van der Waals surface area contributed by atoms with E-state index >= 15 is 0 Å². The van der Waals surface area contributed by atoms with E-state index in [2.05, 4.69) is 18.8 Å². The van der Waals surface area contributed by atoms with Gasteiger partial charge in [-0.3, -0.25) is 4.98 Å². The Kier molecular flexibility index (Phi) is 3.28. The summed E-state index contributed by atoms with van der Waals surface area (Å²) in [5.74, 6) is 0.909. The molecule has 2 N–H and O–H groups in total. The van der Waals surface area contributed by atoms with Crippen molar-refractivity contribution in [1.29, 1.82) is 0 Å². The molecule has 1 aliphatic rings. The lowest BCUT2D eigenvalue weighted by atomic mass is 9.76. The number of pyridine rings is 1. The highest BCUT2D eigenvalue weighted by Gasteiger charge is 2.28. The van der Waals surface area contributed by atoms with Crippen LogP contribution in [0.15, 0.2) is 30.5 Å². The first-order chi connectivity index (χ1) is 9.55. The maximum atomic E-state index is 6.22. The summed E-state index contributed by atoms with van der Waals surface area (Å²) in [6.07, 6.45) is 6.78. The number of anilines is 1. The number of nitrogens with zero attached hydrogens (tertiary/aromatic N) is 1. The fourth-order valence-electron chi connectivity index (χ4n) is 2.94. The van der Waals surface area contributed by atoms with Crippen LogP contribution in [0.5, 0.6) is 5.75 Å². The Labute approximate surface area is 120 Å². The molecule has 0 unspecified atom stereocenters. The highest BCUT2D eigenvalue weighted by Crippen LogP contribution is 2.38. The Morgan fingerprint density at radius 2 is 1.95 bits per heavy atom. The van der Waals surface area contributed by atoms with Crippen LogP contribution in [0.4, 0.5) is 5.69 Å². The summed E-state index contributed by atoms with van der Waals surface area (Å²) >= 11 is 0. The highest BCUT2D eigenvalue weighted by atomic mass is 16.5. The fourth-order valence-corrected chi connectivity index (χ4v) is 2.94. The lowest BCUT2D eigenvalue weighted by Gasteiger charge is -2.34. The number of fused-ring (bicyclic) bond motifs is 1. The summed E-state index contributed by atoms with van der Waals surface area (Å²) in [6.45, 7) is 4.68. The van der Waals surface area contributed by atoms with Crippen molar-refractivity contribution in [1.82, 2.24) is 4.98 Å². The lowest BCUT2D eigenvalue weighted by molar-refractivity contribution is 0.100. The maximum absolute atomic E-state index is 6.22. The average Bonchev–Trinajstić information content (AvgIpc) is 2.44. The predicted molar refractivity (Wildman–Crippen MR) is 82.8 cm³/mol. The van der Waals surface area contributed by atoms with Crippen LogP contribution in [0.3, 0.4) is 0 Å². The first-order valence-electron chi connectivity index (χ1n) is 7.35. The number of nitrogen functional groups attached to an aromatic ring is 1. The van der Waals surface area contributed by atoms with Crippen molar-refractivity contribution in [3.8, 4) is 5.75 Å². The summed E-state index contributed by atoms with van der Waals surface area (Å²) in [4.78, 5) is 4.35. The molecule has 1 aromatic carbocycles. The third-order valence-corrected chi connectivity index (χ3v) is 4.34. The fraction of sp³-hybridized carbons (Fsp3) is 0.471. The molecule has 0 saturated heterocycles. The molecule has 0 amide bonds. The molecule has 0 atom stereocenters. The quantitative estimate of drug-likeness (QED) is 0.833. The van der Waals surface area contributed by atoms with E-state index in [9.17, 15) is 0 Å². The van der Waals surface area contributed by atoms with Crippen LogP contribution in [0.2, 0.25) is 0 Å². The average molecular weight is 270 g/mol. The van der Waals surface area contributed by atoms with Gasteiger partial charge in [0.1, 0.15) is 5.75 Å². The van der Waals surface area contributed by atoms with Crippen molar-refractivity contribution in [3.05, 3.63) is 30.5 Å². The van der Waals surface area contributed by atoms with Gasteiger partial charge in [-0.1, -0.05) is 13.8 Å². The molecule has 1 heterocycles. The molecular formula is C17H22N2O. The molecule has 1 aliphatic carbocycles. The Morgan fingerprint density at radius 1 is 1.20 bits per heavy atom. The second kappa shape index (κ2) is 4.97. The number of aromatic nitrogens is 1. The molecule has 1 fully saturated rings. The molecule has 1 saturated carbocycles. The number of benzene rings is 1. The number of hydrogen-bond acceptors (Lipinski definition) is 3. The summed E-state index contributed by atoms with van der Waals surface area (Å²) < 4.78 is 6.22. The molecule has 3 nitrogen and oxygen atoms in total. The van der Waals surface area contributed by atoms with Crippen molar-refractivity contribution in [3.63, 3.8) is 0 Å². The van der Waals surface area contributed by atoms with Gasteiger partial charge in [0.2, 0.25) is 0 Å². The van der Waals surface area contributed by atoms with Gasteiger partial charge in [-0.15, -0.1) is 0 Å². The van der Waals surface area contributed by atoms with Gasteiger partial charge < -0.3 is 10.5 Å². The van der Waals surface area contributed by atoms with E-state index in [0.717, 1.165) is 29.5 Å². The maximum Gasteiger partial charge on any atom is 0.129 e. The number of nitrogens with two attached hydrogens (primary N) is 1. The van der Waals surface area contributed by atoms with Gasteiger partial charge in [0.05, 0.1) is 17.3 Å². The molecule has 20 heavy (non-hydrogen) atoms. The van der Waals surface area contributed by atoms with E-state index in [4.69, 9.17) is 10.5 Å². The van der Waals surface area contributed by atoms with Gasteiger partial charge in [-0.05, 0) is 55.4 Å². The van der Waals surface area contributed by atoms with Gasteiger partial charge >= 0.3 is 0 Å². The third kappa shape index (κ3) is 2.58. The van der Waals surface area contributed by atoms with E-state index in [1.165, 1.54) is 12.8 Å².